The monoisotopic (exact) mass is 366 g/mol. The van der Waals surface area contributed by atoms with Crippen LogP contribution in [0.2, 0.25) is 0 Å². The maximum atomic E-state index is 12.4. The normalized spacial score (nSPS) is 19.4. The van der Waals surface area contributed by atoms with Crippen molar-refractivity contribution in [3.05, 3.63) is 29.8 Å². The van der Waals surface area contributed by atoms with Gasteiger partial charge in [0.1, 0.15) is 0 Å². The van der Waals surface area contributed by atoms with Gasteiger partial charge in [-0.1, -0.05) is 25.0 Å². The molecule has 0 bridgehead atoms. The topological polar surface area (TPSA) is 96.2 Å². The molecule has 3 rings (SSSR count). The first-order chi connectivity index (χ1) is 11.5. The third-order valence-corrected chi connectivity index (χ3v) is 4.88. The second-order valence-electron chi connectivity index (χ2n) is 7.05. The SMILES string of the molecule is CC(NC(=O)C1(N)CCCC1)c1ccc(NC(=O)NC2CC2)cc1.Cl. The molecule has 0 heterocycles. The Morgan fingerprint density at radius 2 is 1.76 bits per heavy atom. The number of amides is 3. The van der Waals surface area contributed by atoms with Crippen LogP contribution in [0.25, 0.3) is 0 Å². The van der Waals surface area contributed by atoms with Gasteiger partial charge in [-0.3, -0.25) is 4.79 Å². The summed E-state index contributed by atoms with van der Waals surface area (Å²) in [5, 5.41) is 8.70. The Hall–Kier alpha value is -1.79. The van der Waals surface area contributed by atoms with Crippen LogP contribution < -0.4 is 21.7 Å². The number of rotatable bonds is 5. The van der Waals surface area contributed by atoms with E-state index >= 15 is 0 Å². The van der Waals surface area contributed by atoms with Crippen LogP contribution in [0.3, 0.4) is 0 Å². The molecule has 0 saturated heterocycles. The molecule has 0 spiro atoms. The lowest BCUT2D eigenvalue weighted by Gasteiger charge is -2.25. The molecular formula is C18H27ClN4O2. The van der Waals surface area contributed by atoms with Crippen LogP contribution in [-0.4, -0.2) is 23.5 Å². The van der Waals surface area contributed by atoms with Gasteiger partial charge in [0.25, 0.3) is 0 Å². The van der Waals surface area contributed by atoms with Crippen LogP contribution in [0.4, 0.5) is 10.5 Å². The summed E-state index contributed by atoms with van der Waals surface area (Å²) in [4.78, 5) is 24.1. The molecule has 25 heavy (non-hydrogen) atoms. The lowest BCUT2D eigenvalue weighted by molar-refractivity contribution is -0.126. The first kappa shape index (κ1) is 19.5. The van der Waals surface area contributed by atoms with E-state index in [4.69, 9.17) is 5.73 Å². The highest BCUT2D eigenvalue weighted by atomic mass is 35.5. The second kappa shape index (κ2) is 8.06. The Kier molecular flexibility index (Phi) is 6.30. The van der Waals surface area contributed by atoms with E-state index in [1.807, 2.05) is 31.2 Å². The first-order valence-corrected chi connectivity index (χ1v) is 8.74. The first-order valence-electron chi connectivity index (χ1n) is 8.74. The molecule has 0 aromatic heterocycles. The summed E-state index contributed by atoms with van der Waals surface area (Å²) in [5.74, 6) is -0.0708. The molecule has 1 atom stereocenters. The lowest BCUT2D eigenvalue weighted by Crippen LogP contribution is -2.52. The minimum absolute atomic E-state index is 0. The van der Waals surface area contributed by atoms with Gasteiger partial charge >= 0.3 is 6.03 Å². The maximum Gasteiger partial charge on any atom is 0.319 e. The fourth-order valence-corrected chi connectivity index (χ4v) is 3.09. The summed E-state index contributed by atoms with van der Waals surface area (Å²) < 4.78 is 0. The minimum Gasteiger partial charge on any atom is -0.348 e. The highest BCUT2D eigenvalue weighted by Crippen LogP contribution is 2.28. The molecule has 1 unspecified atom stereocenters. The van der Waals surface area contributed by atoms with Crippen molar-refractivity contribution < 1.29 is 9.59 Å². The van der Waals surface area contributed by atoms with E-state index in [9.17, 15) is 9.59 Å². The van der Waals surface area contributed by atoms with E-state index in [-0.39, 0.29) is 30.4 Å². The number of carbonyl (C=O) groups excluding carboxylic acids is 2. The van der Waals surface area contributed by atoms with Crippen LogP contribution in [0.15, 0.2) is 24.3 Å². The minimum atomic E-state index is -0.712. The smallest absolute Gasteiger partial charge is 0.319 e. The van der Waals surface area contributed by atoms with Gasteiger partial charge in [0.15, 0.2) is 0 Å². The van der Waals surface area contributed by atoms with Crippen LogP contribution in [0.5, 0.6) is 0 Å². The Morgan fingerprint density at radius 1 is 1.16 bits per heavy atom. The number of anilines is 1. The zero-order valence-electron chi connectivity index (χ0n) is 14.5. The molecule has 1 aromatic carbocycles. The zero-order chi connectivity index (χ0) is 17.2. The fourth-order valence-electron chi connectivity index (χ4n) is 3.09. The molecule has 7 heteroatoms. The number of nitrogens with two attached hydrogens (primary N) is 1. The Labute approximate surface area is 154 Å². The van der Waals surface area contributed by atoms with E-state index < -0.39 is 5.54 Å². The molecule has 6 nitrogen and oxygen atoms in total. The molecule has 1 aromatic rings. The predicted molar refractivity (Wildman–Crippen MR) is 101 cm³/mol. The van der Waals surface area contributed by atoms with Crippen molar-refractivity contribution in [2.45, 2.75) is 63.1 Å². The zero-order valence-corrected chi connectivity index (χ0v) is 15.3. The van der Waals surface area contributed by atoms with Crippen molar-refractivity contribution in [3.8, 4) is 0 Å². The maximum absolute atomic E-state index is 12.4. The molecule has 0 aliphatic heterocycles. The Bertz CT molecular complexity index is 610. The Balaban J connectivity index is 0.00000225. The van der Waals surface area contributed by atoms with Crippen LogP contribution >= 0.6 is 12.4 Å². The van der Waals surface area contributed by atoms with E-state index in [0.29, 0.717) is 6.04 Å². The number of urea groups is 1. The fraction of sp³-hybridized carbons (Fsp3) is 0.556. The van der Waals surface area contributed by atoms with E-state index in [1.54, 1.807) is 0 Å². The van der Waals surface area contributed by atoms with Gasteiger partial charge in [-0.15, -0.1) is 12.4 Å². The highest BCUT2D eigenvalue weighted by molar-refractivity contribution is 5.89. The highest BCUT2D eigenvalue weighted by Gasteiger charge is 2.37. The third-order valence-electron chi connectivity index (χ3n) is 4.88. The predicted octanol–water partition coefficient (Wildman–Crippen LogP) is 2.84. The number of hydrogen-bond donors (Lipinski definition) is 4. The van der Waals surface area contributed by atoms with E-state index in [0.717, 1.165) is 49.8 Å². The molecule has 3 amide bonds. The molecule has 0 radical (unpaired) electrons. The van der Waals surface area contributed by atoms with Gasteiger partial charge in [0, 0.05) is 11.7 Å². The van der Waals surface area contributed by atoms with Gasteiger partial charge in [-0.05, 0) is 50.3 Å². The van der Waals surface area contributed by atoms with Crippen molar-refractivity contribution in [1.82, 2.24) is 10.6 Å². The molecule has 2 fully saturated rings. The van der Waals surface area contributed by atoms with Crippen molar-refractivity contribution in [1.29, 1.82) is 0 Å². The van der Waals surface area contributed by atoms with Crippen molar-refractivity contribution in [2.24, 2.45) is 5.73 Å². The average Bonchev–Trinajstić information content (AvgIpc) is 3.25. The van der Waals surface area contributed by atoms with Gasteiger partial charge < -0.3 is 21.7 Å². The Morgan fingerprint density at radius 3 is 2.32 bits per heavy atom. The number of hydrogen-bond acceptors (Lipinski definition) is 3. The molecular weight excluding hydrogens is 340 g/mol. The quantitative estimate of drug-likeness (QED) is 0.645. The summed E-state index contributed by atoms with van der Waals surface area (Å²) in [6.45, 7) is 1.94. The largest absolute Gasteiger partial charge is 0.348 e. The molecule has 2 aliphatic rings. The van der Waals surface area contributed by atoms with Crippen LogP contribution in [0, 0.1) is 0 Å². The summed E-state index contributed by atoms with van der Waals surface area (Å²) >= 11 is 0. The summed E-state index contributed by atoms with van der Waals surface area (Å²) in [5.41, 5.74) is 7.20. The average molecular weight is 367 g/mol. The van der Waals surface area contributed by atoms with Crippen LogP contribution in [0.1, 0.15) is 57.1 Å². The van der Waals surface area contributed by atoms with E-state index in [1.165, 1.54) is 0 Å². The number of carbonyl (C=O) groups is 2. The number of halogens is 1. The van der Waals surface area contributed by atoms with Gasteiger partial charge in [0.05, 0.1) is 11.6 Å². The van der Waals surface area contributed by atoms with Gasteiger partial charge in [-0.25, -0.2) is 4.79 Å². The molecule has 138 valence electrons. The van der Waals surface area contributed by atoms with E-state index in [2.05, 4.69) is 16.0 Å². The van der Waals surface area contributed by atoms with Crippen molar-refractivity contribution in [3.63, 3.8) is 0 Å². The standard InChI is InChI=1S/C18H26N4O2.ClH/c1-12(20-16(23)18(19)10-2-3-11-18)13-4-6-14(7-5-13)21-17(24)22-15-8-9-15;/h4-7,12,15H,2-3,8-11,19H2,1H3,(H,20,23)(H2,21,22,24);1H. The van der Waals surface area contributed by atoms with Crippen molar-refractivity contribution in [2.75, 3.05) is 5.32 Å². The molecule has 2 aliphatic carbocycles. The van der Waals surface area contributed by atoms with Crippen LogP contribution in [-0.2, 0) is 4.79 Å². The molecule has 2 saturated carbocycles. The van der Waals surface area contributed by atoms with Gasteiger partial charge in [0.2, 0.25) is 5.91 Å². The van der Waals surface area contributed by atoms with Gasteiger partial charge in [-0.2, -0.15) is 0 Å². The summed E-state index contributed by atoms with van der Waals surface area (Å²) in [7, 11) is 0. The van der Waals surface area contributed by atoms with Crippen molar-refractivity contribution >= 4 is 30.0 Å². The number of benzene rings is 1. The summed E-state index contributed by atoms with van der Waals surface area (Å²) in [6.07, 6.45) is 5.66. The number of nitrogens with one attached hydrogen (secondary N) is 3. The lowest BCUT2D eigenvalue weighted by atomic mass is 9.97. The molecule has 5 N–H and O–H groups in total. The summed E-state index contributed by atoms with van der Waals surface area (Å²) in [6, 6.07) is 7.56. The third kappa shape index (κ3) is 5.09. The second-order valence-corrected chi connectivity index (χ2v) is 7.05.